The van der Waals surface area contributed by atoms with Crippen molar-refractivity contribution in [2.45, 2.75) is 41.2 Å². The van der Waals surface area contributed by atoms with E-state index in [0.717, 1.165) is 33.9 Å². The highest BCUT2D eigenvalue weighted by molar-refractivity contribution is 5.58. The molecule has 0 aliphatic carbocycles. The van der Waals surface area contributed by atoms with E-state index in [1.165, 1.54) is 7.11 Å². The lowest BCUT2D eigenvalue weighted by molar-refractivity contribution is 0.212. The van der Waals surface area contributed by atoms with Crippen molar-refractivity contribution in [3.05, 3.63) is 65.2 Å². The molecular weight excluding hydrogens is 366 g/mol. The van der Waals surface area contributed by atoms with Gasteiger partial charge in [-0.2, -0.15) is 0 Å². The number of hydrogen-bond donors (Lipinski definition) is 0. The van der Waals surface area contributed by atoms with Crippen LogP contribution in [0.1, 0.15) is 37.5 Å². The molecule has 0 N–H and O–H groups in total. The standard InChI is InChI=1S/C22H27NO4.C2H6/c1-5-6-12-25-21-14-17(2)22(18(3)15-21)27-16-19-7-9-20(10-8-19)26-13-11-23-24-4;1-2/h5-11,14-15H,12-13,16H2,1-4H3;1-2H3/b6-5+,23-11-;. The van der Waals surface area contributed by atoms with Gasteiger partial charge < -0.3 is 19.0 Å². The van der Waals surface area contributed by atoms with Crippen LogP contribution < -0.4 is 14.2 Å². The van der Waals surface area contributed by atoms with Crippen LogP contribution in [0.25, 0.3) is 0 Å². The van der Waals surface area contributed by atoms with Crippen LogP contribution in [0.4, 0.5) is 0 Å². The third kappa shape index (κ3) is 8.73. The Morgan fingerprint density at radius 2 is 1.48 bits per heavy atom. The Kier molecular flexibility index (Phi) is 11.7. The summed E-state index contributed by atoms with van der Waals surface area (Å²) >= 11 is 0. The van der Waals surface area contributed by atoms with Gasteiger partial charge in [-0.15, -0.1) is 0 Å². The lowest BCUT2D eigenvalue weighted by Gasteiger charge is -2.14. The van der Waals surface area contributed by atoms with E-state index >= 15 is 0 Å². The predicted molar refractivity (Wildman–Crippen MR) is 119 cm³/mol. The number of benzene rings is 2. The van der Waals surface area contributed by atoms with E-state index < -0.39 is 0 Å². The SMILES string of the molecule is C/C=C/COc1cc(C)c(OCc2ccc(OC/C=N\OC)cc2)c(C)c1.CC. The van der Waals surface area contributed by atoms with E-state index in [1.807, 2.05) is 83.2 Å². The van der Waals surface area contributed by atoms with Gasteiger partial charge in [0.05, 0.1) is 6.21 Å². The Morgan fingerprint density at radius 3 is 2.07 bits per heavy atom. The number of rotatable bonds is 10. The van der Waals surface area contributed by atoms with Gasteiger partial charge in [-0.05, 0) is 61.7 Å². The van der Waals surface area contributed by atoms with Crippen LogP contribution in [0.15, 0.2) is 53.7 Å². The zero-order valence-corrected chi connectivity index (χ0v) is 18.4. The summed E-state index contributed by atoms with van der Waals surface area (Å²) < 4.78 is 17.3. The van der Waals surface area contributed by atoms with Crippen molar-refractivity contribution in [1.82, 2.24) is 0 Å². The number of allylic oxidation sites excluding steroid dienone is 1. The Labute approximate surface area is 174 Å². The highest BCUT2D eigenvalue weighted by Gasteiger charge is 2.08. The van der Waals surface area contributed by atoms with Gasteiger partial charge >= 0.3 is 0 Å². The van der Waals surface area contributed by atoms with Crippen molar-refractivity contribution in [1.29, 1.82) is 0 Å². The molecule has 0 radical (unpaired) electrons. The van der Waals surface area contributed by atoms with Crippen LogP contribution in [0.5, 0.6) is 17.2 Å². The molecule has 29 heavy (non-hydrogen) atoms. The molecule has 158 valence electrons. The topological polar surface area (TPSA) is 49.3 Å². The molecule has 0 saturated carbocycles. The van der Waals surface area contributed by atoms with Crippen LogP contribution in [-0.2, 0) is 11.4 Å². The molecular formula is C24H33NO4. The first kappa shape index (κ1) is 24.1. The summed E-state index contributed by atoms with van der Waals surface area (Å²) in [5.74, 6) is 2.52. The van der Waals surface area contributed by atoms with Gasteiger partial charge in [0.25, 0.3) is 0 Å². The predicted octanol–water partition coefficient (Wildman–Crippen LogP) is 5.87. The second-order valence-electron chi connectivity index (χ2n) is 5.98. The minimum absolute atomic E-state index is 0.366. The summed E-state index contributed by atoms with van der Waals surface area (Å²) in [6, 6.07) is 11.8. The molecule has 2 aromatic rings. The summed E-state index contributed by atoms with van der Waals surface area (Å²) in [6.45, 7) is 11.5. The number of hydrogen-bond acceptors (Lipinski definition) is 5. The first-order chi connectivity index (χ1) is 14.1. The van der Waals surface area contributed by atoms with Crippen LogP contribution in [0.3, 0.4) is 0 Å². The summed E-state index contributed by atoms with van der Waals surface area (Å²) in [6.07, 6.45) is 5.52. The number of nitrogens with zero attached hydrogens (tertiary/aromatic N) is 1. The van der Waals surface area contributed by atoms with Gasteiger partial charge in [0.1, 0.15) is 44.2 Å². The van der Waals surface area contributed by atoms with Crippen LogP contribution >= 0.6 is 0 Å². The van der Waals surface area contributed by atoms with Crippen molar-refractivity contribution in [2.75, 3.05) is 20.3 Å². The third-order valence-electron chi connectivity index (χ3n) is 3.83. The Bertz CT molecular complexity index is 744. The van der Waals surface area contributed by atoms with E-state index in [-0.39, 0.29) is 0 Å². The molecule has 0 heterocycles. The molecule has 0 unspecified atom stereocenters. The molecule has 5 heteroatoms. The smallest absolute Gasteiger partial charge is 0.127 e. The fraction of sp³-hybridized carbons (Fsp3) is 0.375. The maximum absolute atomic E-state index is 6.04. The van der Waals surface area contributed by atoms with Crippen molar-refractivity contribution in [3.63, 3.8) is 0 Å². The fourth-order valence-corrected chi connectivity index (χ4v) is 2.54. The number of oxime groups is 1. The molecule has 2 aromatic carbocycles. The summed E-state index contributed by atoms with van der Waals surface area (Å²) in [5.41, 5.74) is 3.19. The minimum atomic E-state index is 0.366. The van der Waals surface area contributed by atoms with Gasteiger partial charge in [0, 0.05) is 0 Å². The molecule has 0 aliphatic rings. The van der Waals surface area contributed by atoms with E-state index in [1.54, 1.807) is 6.21 Å². The van der Waals surface area contributed by atoms with Crippen LogP contribution in [0, 0.1) is 13.8 Å². The van der Waals surface area contributed by atoms with Crippen molar-refractivity contribution in [3.8, 4) is 17.2 Å². The average Bonchev–Trinajstić information content (AvgIpc) is 2.73. The fourth-order valence-electron chi connectivity index (χ4n) is 2.54. The monoisotopic (exact) mass is 399 g/mol. The van der Waals surface area contributed by atoms with E-state index in [9.17, 15) is 0 Å². The largest absolute Gasteiger partial charge is 0.490 e. The van der Waals surface area contributed by atoms with Crippen LogP contribution in [0.2, 0.25) is 0 Å². The second-order valence-corrected chi connectivity index (χ2v) is 5.98. The Balaban J connectivity index is 0.00000204. The van der Waals surface area contributed by atoms with Crippen molar-refractivity contribution in [2.24, 2.45) is 5.16 Å². The van der Waals surface area contributed by atoms with Crippen LogP contribution in [-0.4, -0.2) is 26.5 Å². The molecule has 0 saturated heterocycles. The van der Waals surface area contributed by atoms with E-state index in [4.69, 9.17) is 14.2 Å². The van der Waals surface area contributed by atoms with Gasteiger partial charge in [-0.3, -0.25) is 0 Å². The maximum Gasteiger partial charge on any atom is 0.127 e. The third-order valence-corrected chi connectivity index (χ3v) is 3.83. The maximum atomic E-state index is 6.04. The summed E-state index contributed by atoms with van der Waals surface area (Å²) in [5, 5.41) is 3.63. The Morgan fingerprint density at radius 1 is 0.862 bits per heavy atom. The van der Waals surface area contributed by atoms with Gasteiger partial charge in [-0.1, -0.05) is 43.3 Å². The van der Waals surface area contributed by atoms with Gasteiger partial charge in [-0.25, -0.2) is 0 Å². The van der Waals surface area contributed by atoms with Crippen molar-refractivity contribution >= 4 is 6.21 Å². The number of ether oxygens (including phenoxy) is 3. The average molecular weight is 400 g/mol. The quantitative estimate of drug-likeness (QED) is 0.285. The minimum Gasteiger partial charge on any atom is -0.490 e. The van der Waals surface area contributed by atoms with E-state index in [2.05, 4.69) is 9.99 Å². The molecule has 0 aromatic heterocycles. The highest BCUT2D eigenvalue weighted by atomic mass is 16.6. The normalized spacial score (nSPS) is 10.6. The molecule has 0 aliphatic heterocycles. The molecule has 0 amide bonds. The molecule has 0 atom stereocenters. The Hall–Kier alpha value is -2.95. The molecule has 0 fully saturated rings. The van der Waals surface area contributed by atoms with Crippen molar-refractivity contribution < 1.29 is 19.0 Å². The highest BCUT2D eigenvalue weighted by Crippen LogP contribution is 2.29. The summed E-state index contributed by atoms with van der Waals surface area (Å²) in [4.78, 5) is 4.59. The first-order valence-corrected chi connectivity index (χ1v) is 9.88. The molecule has 2 rings (SSSR count). The summed E-state index contributed by atoms with van der Waals surface area (Å²) in [7, 11) is 1.50. The zero-order chi connectivity index (χ0) is 21.5. The number of aryl methyl sites for hydroxylation is 2. The first-order valence-electron chi connectivity index (χ1n) is 9.88. The molecule has 0 bridgehead atoms. The zero-order valence-electron chi connectivity index (χ0n) is 18.4. The van der Waals surface area contributed by atoms with Gasteiger partial charge in [0.2, 0.25) is 0 Å². The lowest BCUT2D eigenvalue weighted by atomic mass is 10.1. The molecule has 0 spiro atoms. The van der Waals surface area contributed by atoms with Gasteiger partial charge in [0.15, 0.2) is 0 Å². The molecule has 5 nitrogen and oxygen atoms in total. The second kappa shape index (κ2) is 14.1. The van der Waals surface area contributed by atoms with E-state index in [0.29, 0.717) is 19.8 Å². The lowest BCUT2D eigenvalue weighted by Crippen LogP contribution is -2.01.